The topological polar surface area (TPSA) is 55.8 Å². The fourth-order valence-corrected chi connectivity index (χ4v) is 4.82. The lowest BCUT2D eigenvalue weighted by atomic mass is 9.81. The van der Waals surface area contributed by atoms with E-state index in [4.69, 9.17) is 9.57 Å². The highest BCUT2D eigenvalue weighted by Crippen LogP contribution is 2.42. The number of hydroxylamine groups is 2. The molecule has 1 spiro atoms. The molecule has 1 aromatic rings. The number of carbonyl (C=O) groups excluding carboxylic acids is 2. The Morgan fingerprint density at radius 2 is 1.91 bits per heavy atom. The number of piperidine rings is 1. The Kier molecular flexibility index (Phi) is 4.50. The lowest BCUT2D eigenvalue weighted by Gasteiger charge is -2.35. The van der Waals surface area contributed by atoms with E-state index in [1.54, 1.807) is 12.2 Å². The third kappa shape index (κ3) is 2.81. The molecule has 0 bridgehead atoms. The van der Waals surface area contributed by atoms with Crippen LogP contribution in [0.3, 0.4) is 0 Å². The second-order valence-electron chi connectivity index (χ2n) is 6.30. The van der Waals surface area contributed by atoms with Gasteiger partial charge in [0.15, 0.2) is 11.4 Å². The molecule has 2 aliphatic heterocycles. The molecule has 0 saturated carbocycles. The number of nitrogens with zero attached hydrogens (tertiary/aromatic N) is 1. The van der Waals surface area contributed by atoms with Crippen LogP contribution in [0.4, 0.5) is 0 Å². The number of Topliss-reactive ketones (excluding diaryl/α,β-unsaturated/α-hetero) is 1. The minimum atomic E-state index is -0.975. The minimum absolute atomic E-state index is 0.0943. The predicted molar refractivity (Wildman–Crippen MR) is 93.0 cm³/mol. The van der Waals surface area contributed by atoms with Crippen LogP contribution in [-0.4, -0.2) is 42.6 Å². The van der Waals surface area contributed by atoms with E-state index in [0.717, 1.165) is 20.3 Å². The lowest BCUT2D eigenvalue weighted by Crippen LogP contribution is -2.48. The molecule has 6 heteroatoms. The zero-order valence-corrected chi connectivity index (χ0v) is 15.7. The van der Waals surface area contributed by atoms with Gasteiger partial charge in [0.1, 0.15) is 5.92 Å². The molecular weight excluding hydrogens is 409 g/mol. The molecule has 0 aliphatic carbocycles. The predicted octanol–water partition coefficient (Wildman–Crippen LogP) is 2.51. The summed E-state index contributed by atoms with van der Waals surface area (Å²) in [5.41, 5.74) is 1.92. The van der Waals surface area contributed by atoms with Crippen LogP contribution in [0.2, 0.25) is 0 Å². The summed E-state index contributed by atoms with van der Waals surface area (Å²) in [5, 5.41) is 1.79. The molecule has 2 heterocycles. The van der Waals surface area contributed by atoms with Crippen molar-refractivity contribution in [1.82, 2.24) is 5.06 Å². The van der Waals surface area contributed by atoms with Gasteiger partial charge in [0.2, 0.25) is 0 Å². The van der Waals surface area contributed by atoms with E-state index in [2.05, 4.69) is 22.6 Å². The maximum atomic E-state index is 13.1. The number of benzene rings is 1. The van der Waals surface area contributed by atoms with E-state index < -0.39 is 17.5 Å². The van der Waals surface area contributed by atoms with E-state index in [1.807, 2.05) is 26.0 Å². The summed E-state index contributed by atoms with van der Waals surface area (Å²) < 4.78 is 6.57. The number of ether oxygens (including phenoxy) is 1. The first kappa shape index (κ1) is 16.9. The van der Waals surface area contributed by atoms with Gasteiger partial charge in [-0.05, 0) is 59.2 Å². The Morgan fingerprint density at radius 3 is 2.48 bits per heavy atom. The average Bonchev–Trinajstić information content (AvgIpc) is 2.72. The number of esters is 1. The maximum absolute atomic E-state index is 13.1. The van der Waals surface area contributed by atoms with E-state index >= 15 is 0 Å². The molecule has 1 unspecified atom stereocenters. The molecule has 0 aromatic heterocycles. The van der Waals surface area contributed by atoms with E-state index in [0.29, 0.717) is 25.9 Å². The van der Waals surface area contributed by atoms with Gasteiger partial charge in [-0.3, -0.25) is 9.59 Å². The van der Waals surface area contributed by atoms with Crippen LogP contribution >= 0.6 is 22.6 Å². The molecule has 1 atom stereocenters. The second kappa shape index (κ2) is 6.14. The van der Waals surface area contributed by atoms with Crippen molar-refractivity contribution < 1.29 is 19.2 Å². The number of carbonyl (C=O) groups is 2. The Labute approximate surface area is 149 Å². The van der Waals surface area contributed by atoms with Crippen LogP contribution < -0.4 is 0 Å². The number of hydrogen-bond acceptors (Lipinski definition) is 5. The van der Waals surface area contributed by atoms with Crippen LogP contribution in [0.15, 0.2) is 12.1 Å². The molecule has 23 heavy (non-hydrogen) atoms. The summed E-state index contributed by atoms with van der Waals surface area (Å²) in [4.78, 5) is 30.8. The standard InChI is InChI=1S/C17H20INO4/c1-10-8-11(2)13(12(18)9-10)14-15(20)17(23-16(14)21)4-6-19(22-3)7-5-17/h8-9,14H,4-7H2,1-3H3. The molecule has 0 amide bonds. The SMILES string of the molecule is CON1CCC2(CC1)OC(=O)C(c1c(C)cc(C)cc1I)C2=O. The summed E-state index contributed by atoms with van der Waals surface area (Å²) in [6, 6.07) is 4.01. The highest BCUT2D eigenvalue weighted by atomic mass is 127. The maximum Gasteiger partial charge on any atom is 0.322 e. The second-order valence-corrected chi connectivity index (χ2v) is 7.46. The van der Waals surface area contributed by atoms with Gasteiger partial charge in [-0.2, -0.15) is 5.06 Å². The third-order valence-corrected chi connectivity index (χ3v) is 5.69. The van der Waals surface area contributed by atoms with E-state index in [9.17, 15) is 9.59 Å². The van der Waals surface area contributed by atoms with Crippen molar-refractivity contribution in [3.63, 3.8) is 0 Å². The number of ketones is 1. The Bertz CT molecular complexity index is 642. The largest absolute Gasteiger partial charge is 0.450 e. The third-order valence-electron chi connectivity index (χ3n) is 4.80. The summed E-state index contributed by atoms with van der Waals surface area (Å²) in [6.45, 7) is 5.14. The quantitative estimate of drug-likeness (QED) is 0.411. The molecule has 2 fully saturated rings. The monoisotopic (exact) mass is 429 g/mol. The van der Waals surface area contributed by atoms with Crippen molar-refractivity contribution in [2.75, 3.05) is 20.2 Å². The number of hydrogen-bond donors (Lipinski definition) is 0. The summed E-state index contributed by atoms with van der Waals surface area (Å²) in [7, 11) is 1.61. The molecule has 124 valence electrons. The van der Waals surface area contributed by atoms with Gasteiger partial charge < -0.3 is 9.57 Å². The fourth-order valence-electron chi connectivity index (χ4n) is 3.59. The van der Waals surface area contributed by atoms with Gasteiger partial charge in [0, 0.05) is 29.5 Å². The summed E-state index contributed by atoms with van der Waals surface area (Å²) >= 11 is 2.20. The van der Waals surface area contributed by atoms with Crippen molar-refractivity contribution in [3.8, 4) is 0 Å². The lowest BCUT2D eigenvalue weighted by molar-refractivity contribution is -0.184. The molecule has 1 aromatic carbocycles. The Balaban J connectivity index is 1.94. The molecule has 3 rings (SSSR count). The number of rotatable bonds is 2. The smallest absolute Gasteiger partial charge is 0.322 e. The summed E-state index contributed by atoms with van der Waals surface area (Å²) in [5.74, 6) is -1.30. The van der Waals surface area contributed by atoms with Gasteiger partial charge in [0.05, 0.1) is 7.11 Å². The Morgan fingerprint density at radius 1 is 1.26 bits per heavy atom. The summed E-state index contributed by atoms with van der Waals surface area (Å²) in [6.07, 6.45) is 0.979. The minimum Gasteiger partial charge on any atom is -0.450 e. The van der Waals surface area contributed by atoms with E-state index in [1.165, 1.54) is 0 Å². The molecule has 2 aliphatic rings. The first-order valence-electron chi connectivity index (χ1n) is 7.71. The molecule has 0 N–H and O–H groups in total. The van der Waals surface area contributed by atoms with E-state index in [-0.39, 0.29) is 5.78 Å². The van der Waals surface area contributed by atoms with Crippen molar-refractivity contribution in [1.29, 1.82) is 0 Å². The van der Waals surface area contributed by atoms with Crippen molar-refractivity contribution in [3.05, 3.63) is 32.4 Å². The van der Waals surface area contributed by atoms with Crippen molar-refractivity contribution in [2.24, 2.45) is 0 Å². The molecule has 5 nitrogen and oxygen atoms in total. The number of aryl methyl sites for hydroxylation is 2. The van der Waals surface area contributed by atoms with Gasteiger partial charge in [-0.1, -0.05) is 6.07 Å². The fraction of sp³-hybridized carbons (Fsp3) is 0.529. The van der Waals surface area contributed by atoms with Crippen LogP contribution in [0, 0.1) is 17.4 Å². The van der Waals surface area contributed by atoms with Gasteiger partial charge in [0.25, 0.3) is 0 Å². The van der Waals surface area contributed by atoms with Crippen LogP contribution in [0.5, 0.6) is 0 Å². The molecule has 0 radical (unpaired) electrons. The van der Waals surface area contributed by atoms with Crippen molar-refractivity contribution >= 4 is 34.3 Å². The number of halogens is 1. The van der Waals surface area contributed by atoms with Crippen LogP contribution in [0.25, 0.3) is 0 Å². The normalized spacial score (nSPS) is 24.3. The average molecular weight is 429 g/mol. The van der Waals surface area contributed by atoms with Crippen LogP contribution in [0.1, 0.15) is 35.4 Å². The Hall–Kier alpha value is -0.990. The van der Waals surface area contributed by atoms with Gasteiger partial charge in [-0.25, -0.2) is 0 Å². The van der Waals surface area contributed by atoms with Gasteiger partial charge in [-0.15, -0.1) is 0 Å². The molecular formula is C17H20INO4. The van der Waals surface area contributed by atoms with Crippen LogP contribution in [-0.2, 0) is 19.2 Å². The van der Waals surface area contributed by atoms with Gasteiger partial charge >= 0.3 is 5.97 Å². The zero-order valence-electron chi connectivity index (χ0n) is 13.5. The zero-order chi connectivity index (χ0) is 16.8. The highest BCUT2D eigenvalue weighted by Gasteiger charge is 2.57. The first-order valence-corrected chi connectivity index (χ1v) is 8.79. The van der Waals surface area contributed by atoms with Crippen molar-refractivity contribution in [2.45, 2.75) is 38.2 Å². The first-order chi connectivity index (χ1) is 10.9. The highest BCUT2D eigenvalue weighted by molar-refractivity contribution is 14.1. The molecule has 2 saturated heterocycles.